The maximum atomic E-state index is 12.9. The van der Waals surface area contributed by atoms with Gasteiger partial charge in [-0.3, -0.25) is 4.79 Å². The van der Waals surface area contributed by atoms with Crippen LogP contribution in [0.5, 0.6) is 0 Å². The van der Waals surface area contributed by atoms with Crippen LogP contribution >= 0.6 is 0 Å². The lowest BCUT2D eigenvalue weighted by atomic mass is 10.2. The van der Waals surface area contributed by atoms with Gasteiger partial charge in [-0.15, -0.1) is 0 Å². The van der Waals surface area contributed by atoms with Gasteiger partial charge in [0.05, 0.1) is 22.7 Å². The number of carboxylic acids is 1. The highest BCUT2D eigenvalue weighted by atomic mass is 32.2. The van der Waals surface area contributed by atoms with Crippen molar-refractivity contribution in [2.75, 3.05) is 43.9 Å². The summed E-state index contributed by atoms with van der Waals surface area (Å²) < 4.78 is 27.2. The zero-order valence-corrected chi connectivity index (χ0v) is 16.4. The largest absolute Gasteiger partial charge is 0.481 e. The first-order chi connectivity index (χ1) is 12.7. The van der Waals surface area contributed by atoms with Gasteiger partial charge in [-0.1, -0.05) is 6.42 Å². The molecule has 2 amide bonds. The Morgan fingerprint density at radius 3 is 2.44 bits per heavy atom. The molecule has 0 unspecified atom stereocenters. The summed E-state index contributed by atoms with van der Waals surface area (Å²) in [6, 6.07) is 4.03. The van der Waals surface area contributed by atoms with Crippen molar-refractivity contribution in [1.82, 2.24) is 9.62 Å². The van der Waals surface area contributed by atoms with Crippen LogP contribution in [-0.4, -0.2) is 63.6 Å². The molecular formula is C17H26N4O5S. The van der Waals surface area contributed by atoms with Crippen LogP contribution in [0.3, 0.4) is 0 Å². The first kappa shape index (κ1) is 21.0. The predicted octanol–water partition coefficient (Wildman–Crippen LogP) is 1.52. The molecule has 2 rings (SSSR count). The fourth-order valence-electron chi connectivity index (χ4n) is 2.87. The molecule has 9 nitrogen and oxygen atoms in total. The number of carbonyl (C=O) groups is 2. The minimum atomic E-state index is -3.63. The van der Waals surface area contributed by atoms with E-state index >= 15 is 0 Å². The lowest BCUT2D eigenvalue weighted by Crippen LogP contribution is -2.35. The lowest BCUT2D eigenvalue weighted by Gasteiger charge is -2.26. The van der Waals surface area contributed by atoms with E-state index in [2.05, 4.69) is 10.6 Å². The SMILES string of the molecule is CN(C)c1ccc(S(=O)(=O)N2CCCCC2)cc1NC(=O)NCCC(=O)O. The van der Waals surface area contributed by atoms with Gasteiger partial charge in [-0.25, -0.2) is 13.2 Å². The monoisotopic (exact) mass is 398 g/mol. The van der Waals surface area contributed by atoms with E-state index in [-0.39, 0.29) is 17.9 Å². The van der Waals surface area contributed by atoms with Gasteiger partial charge in [0.25, 0.3) is 0 Å². The zero-order valence-electron chi connectivity index (χ0n) is 15.6. The van der Waals surface area contributed by atoms with Gasteiger partial charge in [0.2, 0.25) is 10.0 Å². The van der Waals surface area contributed by atoms with Crippen molar-refractivity contribution in [3.63, 3.8) is 0 Å². The van der Waals surface area contributed by atoms with Gasteiger partial charge in [0.15, 0.2) is 0 Å². The molecule has 1 fully saturated rings. The van der Waals surface area contributed by atoms with Gasteiger partial charge in [0, 0.05) is 33.7 Å². The van der Waals surface area contributed by atoms with Crippen LogP contribution in [-0.2, 0) is 14.8 Å². The molecule has 0 aliphatic carbocycles. The molecule has 150 valence electrons. The number of carbonyl (C=O) groups excluding carboxylic acids is 1. The highest BCUT2D eigenvalue weighted by Crippen LogP contribution is 2.30. The number of urea groups is 1. The van der Waals surface area contributed by atoms with E-state index in [0.29, 0.717) is 24.5 Å². The fourth-order valence-corrected chi connectivity index (χ4v) is 4.41. The highest BCUT2D eigenvalue weighted by molar-refractivity contribution is 7.89. The highest BCUT2D eigenvalue weighted by Gasteiger charge is 2.27. The predicted molar refractivity (Wildman–Crippen MR) is 103 cm³/mol. The van der Waals surface area contributed by atoms with Crippen LogP contribution in [0.4, 0.5) is 16.2 Å². The average Bonchev–Trinajstić information content (AvgIpc) is 2.61. The second-order valence-electron chi connectivity index (χ2n) is 6.56. The number of hydrogen-bond acceptors (Lipinski definition) is 5. The van der Waals surface area contributed by atoms with Crippen molar-refractivity contribution in [2.45, 2.75) is 30.6 Å². The summed E-state index contributed by atoms with van der Waals surface area (Å²) in [5, 5.41) is 13.7. The molecule has 1 aliphatic rings. The second kappa shape index (κ2) is 9.05. The average molecular weight is 398 g/mol. The van der Waals surface area contributed by atoms with Crippen LogP contribution in [0.1, 0.15) is 25.7 Å². The van der Waals surface area contributed by atoms with Gasteiger partial charge >= 0.3 is 12.0 Å². The summed E-state index contributed by atoms with van der Waals surface area (Å²) in [4.78, 5) is 24.5. The Balaban J connectivity index is 2.23. The first-order valence-electron chi connectivity index (χ1n) is 8.80. The molecule has 1 heterocycles. The Morgan fingerprint density at radius 2 is 1.85 bits per heavy atom. The Bertz CT molecular complexity index is 789. The number of anilines is 2. The van der Waals surface area contributed by atoms with Crippen LogP contribution < -0.4 is 15.5 Å². The summed E-state index contributed by atoms with van der Waals surface area (Å²) in [6.45, 7) is 0.969. The number of carboxylic acid groups (broad SMARTS) is 1. The number of piperidine rings is 1. The molecule has 1 aliphatic heterocycles. The van der Waals surface area contributed by atoms with E-state index in [4.69, 9.17) is 5.11 Å². The first-order valence-corrected chi connectivity index (χ1v) is 10.2. The van der Waals surface area contributed by atoms with Crippen molar-refractivity contribution in [3.05, 3.63) is 18.2 Å². The quantitative estimate of drug-likeness (QED) is 0.641. The Hall–Kier alpha value is -2.33. The Kier molecular flexibility index (Phi) is 7.03. The minimum Gasteiger partial charge on any atom is -0.481 e. The maximum Gasteiger partial charge on any atom is 0.319 e. The maximum absolute atomic E-state index is 12.9. The molecule has 1 aromatic rings. The number of amides is 2. The van der Waals surface area contributed by atoms with E-state index in [1.165, 1.54) is 16.4 Å². The van der Waals surface area contributed by atoms with Gasteiger partial charge in [-0.2, -0.15) is 4.31 Å². The summed E-state index contributed by atoms with van der Waals surface area (Å²) >= 11 is 0. The molecule has 0 saturated carbocycles. The van der Waals surface area contributed by atoms with Crippen molar-refractivity contribution < 1.29 is 23.1 Å². The topological polar surface area (TPSA) is 119 Å². The van der Waals surface area contributed by atoms with Crippen molar-refractivity contribution >= 4 is 33.4 Å². The van der Waals surface area contributed by atoms with Crippen molar-refractivity contribution in [3.8, 4) is 0 Å². The third-order valence-electron chi connectivity index (χ3n) is 4.28. The Morgan fingerprint density at radius 1 is 1.19 bits per heavy atom. The molecule has 27 heavy (non-hydrogen) atoms. The van der Waals surface area contributed by atoms with E-state index < -0.39 is 22.0 Å². The smallest absolute Gasteiger partial charge is 0.319 e. The second-order valence-corrected chi connectivity index (χ2v) is 8.50. The number of aliphatic carboxylic acids is 1. The summed E-state index contributed by atoms with van der Waals surface area (Å²) in [6.07, 6.45) is 2.50. The van der Waals surface area contributed by atoms with Crippen LogP contribution in [0, 0.1) is 0 Å². The standard InChI is InChI=1S/C17H26N4O5S/c1-20(2)15-7-6-13(27(25,26)21-10-4-3-5-11-21)12-14(15)19-17(24)18-9-8-16(22)23/h6-7,12H,3-5,8-11H2,1-2H3,(H,22,23)(H2,18,19,24). The summed E-state index contributed by atoms with van der Waals surface area (Å²) in [7, 11) is -0.0667. The summed E-state index contributed by atoms with van der Waals surface area (Å²) in [5.41, 5.74) is 0.979. The Labute approximate surface area is 159 Å². The number of sulfonamides is 1. The number of benzene rings is 1. The van der Waals surface area contributed by atoms with Crippen LogP contribution in [0.15, 0.2) is 23.1 Å². The molecule has 0 radical (unpaired) electrons. The number of nitrogens with one attached hydrogen (secondary N) is 2. The zero-order chi connectivity index (χ0) is 20.0. The fraction of sp³-hybridized carbons (Fsp3) is 0.529. The van der Waals surface area contributed by atoms with E-state index in [1.807, 2.05) is 0 Å². The molecule has 3 N–H and O–H groups in total. The number of rotatable bonds is 7. The molecule has 0 atom stereocenters. The van der Waals surface area contributed by atoms with E-state index in [1.54, 1.807) is 25.1 Å². The van der Waals surface area contributed by atoms with Crippen molar-refractivity contribution in [1.29, 1.82) is 0 Å². The summed E-state index contributed by atoms with van der Waals surface area (Å²) in [5.74, 6) is -1.01. The molecule has 1 aromatic carbocycles. The number of nitrogens with zero attached hydrogens (tertiary/aromatic N) is 2. The molecule has 0 aromatic heterocycles. The molecule has 1 saturated heterocycles. The third-order valence-corrected chi connectivity index (χ3v) is 6.17. The van der Waals surface area contributed by atoms with E-state index in [0.717, 1.165) is 19.3 Å². The number of hydrogen-bond donors (Lipinski definition) is 3. The van der Waals surface area contributed by atoms with E-state index in [9.17, 15) is 18.0 Å². The van der Waals surface area contributed by atoms with Gasteiger partial charge in [0.1, 0.15) is 0 Å². The molecule has 10 heteroatoms. The van der Waals surface area contributed by atoms with Gasteiger partial charge < -0.3 is 20.6 Å². The normalized spacial score (nSPS) is 15.2. The molecule has 0 bridgehead atoms. The van der Waals surface area contributed by atoms with Crippen LogP contribution in [0.25, 0.3) is 0 Å². The molecular weight excluding hydrogens is 372 g/mol. The lowest BCUT2D eigenvalue weighted by molar-refractivity contribution is -0.136. The van der Waals surface area contributed by atoms with Crippen molar-refractivity contribution in [2.24, 2.45) is 0 Å². The third kappa shape index (κ3) is 5.57. The minimum absolute atomic E-state index is 0.0236. The molecule has 0 spiro atoms. The van der Waals surface area contributed by atoms with Gasteiger partial charge in [-0.05, 0) is 31.0 Å². The van der Waals surface area contributed by atoms with Crippen LogP contribution in [0.2, 0.25) is 0 Å².